The summed E-state index contributed by atoms with van der Waals surface area (Å²) in [6.07, 6.45) is 0. The van der Waals surface area contributed by atoms with Gasteiger partial charge in [0.15, 0.2) is 0 Å². The summed E-state index contributed by atoms with van der Waals surface area (Å²) in [6, 6.07) is 3.55. The molecule has 1 heterocycles. The van der Waals surface area contributed by atoms with Gasteiger partial charge in [-0.3, -0.25) is 9.36 Å². The first-order chi connectivity index (χ1) is 10.8. The predicted octanol–water partition coefficient (Wildman–Crippen LogP) is 4.38. The molecular weight excluding hydrogens is 322 g/mol. The summed E-state index contributed by atoms with van der Waals surface area (Å²) in [5.74, 6) is -1.67. The lowest BCUT2D eigenvalue weighted by molar-refractivity contribution is -0.132. The highest BCUT2D eigenvalue weighted by atomic mass is 32.2. The van der Waals surface area contributed by atoms with Gasteiger partial charge in [0.1, 0.15) is 16.7 Å². The molecule has 2 aromatic rings. The Balaban J connectivity index is 2.50. The molecule has 0 saturated carbocycles. The van der Waals surface area contributed by atoms with Gasteiger partial charge in [0.05, 0.1) is 5.69 Å². The molecule has 0 radical (unpaired) electrons. The summed E-state index contributed by atoms with van der Waals surface area (Å²) in [4.78, 5) is 16.0. The zero-order valence-electron chi connectivity index (χ0n) is 13.4. The first-order valence-corrected chi connectivity index (χ1v) is 8.06. The van der Waals surface area contributed by atoms with Gasteiger partial charge in [0.2, 0.25) is 0 Å². The number of carbonyl (C=O) groups is 1. The van der Waals surface area contributed by atoms with Crippen LogP contribution < -0.4 is 4.74 Å². The monoisotopic (exact) mass is 340 g/mol. The minimum absolute atomic E-state index is 0.0676. The molecule has 0 aliphatic rings. The summed E-state index contributed by atoms with van der Waals surface area (Å²) in [7, 11) is 0. The lowest BCUT2D eigenvalue weighted by Crippen LogP contribution is -2.08. The molecule has 124 valence electrons. The molecule has 0 amide bonds. The SMILES string of the molecule is CCn1c(OC(C)=O)nc(C(C)C)c1Sc1cc(F)cc(F)c1. The number of nitrogens with zero attached hydrogens (tertiary/aromatic N) is 2. The molecule has 0 spiro atoms. The van der Waals surface area contributed by atoms with Gasteiger partial charge in [0.25, 0.3) is 0 Å². The average Bonchev–Trinajstić information content (AvgIpc) is 2.74. The molecule has 1 aromatic carbocycles. The molecule has 0 fully saturated rings. The normalized spacial score (nSPS) is 11.1. The second-order valence-electron chi connectivity index (χ2n) is 5.28. The Labute approximate surface area is 137 Å². The third kappa shape index (κ3) is 4.10. The molecule has 1 aromatic heterocycles. The Morgan fingerprint density at radius 1 is 1.30 bits per heavy atom. The molecule has 0 aliphatic carbocycles. The van der Waals surface area contributed by atoms with Crippen LogP contribution in [-0.4, -0.2) is 15.5 Å². The molecule has 0 aliphatic heterocycles. The predicted molar refractivity (Wildman–Crippen MR) is 83.8 cm³/mol. The van der Waals surface area contributed by atoms with E-state index in [0.717, 1.165) is 11.8 Å². The smallest absolute Gasteiger partial charge is 0.310 e. The minimum atomic E-state index is -0.638. The van der Waals surface area contributed by atoms with Gasteiger partial charge in [-0.05, 0) is 25.0 Å². The van der Waals surface area contributed by atoms with Crippen LogP contribution in [0.4, 0.5) is 8.78 Å². The number of esters is 1. The van der Waals surface area contributed by atoms with Gasteiger partial charge in [0, 0.05) is 24.4 Å². The maximum Gasteiger partial charge on any atom is 0.310 e. The fraction of sp³-hybridized carbons (Fsp3) is 0.375. The number of hydrogen-bond acceptors (Lipinski definition) is 4. The van der Waals surface area contributed by atoms with Crippen LogP contribution in [0.1, 0.15) is 39.3 Å². The van der Waals surface area contributed by atoms with E-state index in [4.69, 9.17) is 4.74 Å². The first kappa shape index (κ1) is 17.5. The lowest BCUT2D eigenvalue weighted by Gasteiger charge is -2.10. The first-order valence-electron chi connectivity index (χ1n) is 7.24. The Kier molecular flexibility index (Phi) is 5.41. The van der Waals surface area contributed by atoms with Crippen molar-refractivity contribution in [3.05, 3.63) is 35.5 Å². The molecule has 0 atom stereocenters. The highest BCUT2D eigenvalue weighted by Crippen LogP contribution is 2.37. The Bertz CT molecular complexity index is 709. The highest BCUT2D eigenvalue weighted by molar-refractivity contribution is 7.99. The number of hydrogen-bond donors (Lipinski definition) is 0. The molecule has 0 unspecified atom stereocenters. The third-order valence-corrected chi connectivity index (χ3v) is 4.15. The fourth-order valence-corrected chi connectivity index (χ4v) is 3.37. The van der Waals surface area contributed by atoms with E-state index < -0.39 is 17.6 Å². The topological polar surface area (TPSA) is 44.1 Å². The summed E-state index contributed by atoms with van der Waals surface area (Å²) < 4.78 is 33.7. The van der Waals surface area contributed by atoms with Crippen LogP contribution in [0.15, 0.2) is 28.1 Å². The van der Waals surface area contributed by atoms with E-state index in [-0.39, 0.29) is 11.9 Å². The van der Waals surface area contributed by atoms with Gasteiger partial charge in [-0.2, -0.15) is 4.98 Å². The Morgan fingerprint density at radius 2 is 1.91 bits per heavy atom. The average molecular weight is 340 g/mol. The van der Waals surface area contributed by atoms with Gasteiger partial charge in [-0.1, -0.05) is 25.6 Å². The van der Waals surface area contributed by atoms with E-state index in [1.54, 1.807) is 4.57 Å². The molecule has 7 heteroatoms. The zero-order chi connectivity index (χ0) is 17.1. The second-order valence-corrected chi connectivity index (χ2v) is 6.35. The van der Waals surface area contributed by atoms with Crippen LogP contribution in [0.5, 0.6) is 6.01 Å². The van der Waals surface area contributed by atoms with Gasteiger partial charge in [-0.15, -0.1) is 0 Å². The highest BCUT2D eigenvalue weighted by Gasteiger charge is 2.22. The van der Waals surface area contributed by atoms with Crippen LogP contribution in [0, 0.1) is 11.6 Å². The van der Waals surface area contributed by atoms with Crippen molar-refractivity contribution >= 4 is 17.7 Å². The number of ether oxygens (including phenoxy) is 1. The summed E-state index contributed by atoms with van der Waals surface area (Å²) in [5.41, 5.74) is 0.720. The van der Waals surface area contributed by atoms with Crippen molar-refractivity contribution in [3.63, 3.8) is 0 Å². The Morgan fingerprint density at radius 3 is 2.39 bits per heavy atom. The lowest BCUT2D eigenvalue weighted by atomic mass is 10.1. The van der Waals surface area contributed by atoms with Gasteiger partial charge in [-0.25, -0.2) is 8.78 Å². The van der Waals surface area contributed by atoms with Crippen molar-refractivity contribution in [1.29, 1.82) is 0 Å². The maximum atomic E-state index is 13.4. The number of rotatable bonds is 5. The number of halogens is 2. The number of aromatic nitrogens is 2. The molecule has 2 rings (SSSR count). The standard InChI is InChI=1S/C16H18F2N2O2S/c1-5-20-15(23-13-7-11(17)6-12(18)8-13)14(9(2)3)19-16(20)22-10(4)21/h6-9H,5H2,1-4H3. The molecular formula is C16H18F2N2O2S. The number of imidazole rings is 1. The van der Waals surface area contributed by atoms with Gasteiger partial charge >= 0.3 is 12.0 Å². The van der Waals surface area contributed by atoms with Crippen LogP contribution in [-0.2, 0) is 11.3 Å². The second kappa shape index (κ2) is 7.12. The van der Waals surface area contributed by atoms with Crippen molar-refractivity contribution in [2.75, 3.05) is 0 Å². The number of benzene rings is 1. The molecule has 4 nitrogen and oxygen atoms in total. The zero-order valence-corrected chi connectivity index (χ0v) is 14.2. The van der Waals surface area contributed by atoms with Crippen molar-refractivity contribution < 1.29 is 18.3 Å². The van der Waals surface area contributed by atoms with Crippen LogP contribution >= 0.6 is 11.8 Å². The summed E-state index contributed by atoms with van der Waals surface area (Å²) >= 11 is 1.20. The van der Waals surface area contributed by atoms with E-state index in [2.05, 4.69) is 4.98 Å². The van der Waals surface area contributed by atoms with E-state index in [9.17, 15) is 13.6 Å². The largest absolute Gasteiger partial charge is 0.392 e. The minimum Gasteiger partial charge on any atom is -0.392 e. The van der Waals surface area contributed by atoms with Crippen LogP contribution in [0.25, 0.3) is 0 Å². The van der Waals surface area contributed by atoms with E-state index >= 15 is 0 Å². The summed E-state index contributed by atoms with van der Waals surface area (Å²) in [6.45, 7) is 7.61. The quantitative estimate of drug-likeness (QED) is 0.758. The molecule has 23 heavy (non-hydrogen) atoms. The van der Waals surface area contributed by atoms with Gasteiger partial charge < -0.3 is 4.74 Å². The van der Waals surface area contributed by atoms with Crippen molar-refractivity contribution in [3.8, 4) is 6.01 Å². The van der Waals surface area contributed by atoms with E-state index in [1.165, 1.54) is 30.8 Å². The molecule has 0 bridgehead atoms. The van der Waals surface area contributed by atoms with E-state index in [0.29, 0.717) is 16.5 Å². The molecule has 0 N–H and O–H groups in total. The Hall–Kier alpha value is -1.89. The van der Waals surface area contributed by atoms with Crippen LogP contribution in [0.2, 0.25) is 0 Å². The van der Waals surface area contributed by atoms with Crippen molar-refractivity contribution in [2.24, 2.45) is 0 Å². The van der Waals surface area contributed by atoms with E-state index in [1.807, 2.05) is 20.8 Å². The third-order valence-electron chi connectivity index (χ3n) is 3.06. The van der Waals surface area contributed by atoms with Crippen molar-refractivity contribution in [2.45, 2.75) is 50.1 Å². The molecule has 0 saturated heterocycles. The fourth-order valence-electron chi connectivity index (χ4n) is 2.10. The van der Waals surface area contributed by atoms with Crippen LogP contribution in [0.3, 0.4) is 0 Å². The number of carbonyl (C=O) groups excluding carboxylic acids is 1. The maximum absolute atomic E-state index is 13.4. The van der Waals surface area contributed by atoms with Crippen molar-refractivity contribution in [1.82, 2.24) is 9.55 Å². The summed E-state index contributed by atoms with van der Waals surface area (Å²) in [5, 5.41) is 0.712.